The van der Waals surface area contributed by atoms with E-state index in [1.807, 2.05) is 0 Å². The molecule has 0 bridgehead atoms. The van der Waals surface area contributed by atoms with E-state index in [4.69, 9.17) is 9.57 Å². The van der Waals surface area contributed by atoms with E-state index in [1.165, 1.54) is 5.06 Å². The highest BCUT2D eigenvalue weighted by Crippen LogP contribution is 2.33. The van der Waals surface area contributed by atoms with Crippen molar-refractivity contribution in [2.24, 2.45) is 5.92 Å². The third kappa shape index (κ3) is 2.72. The molecule has 3 aliphatic rings. The molecule has 0 unspecified atom stereocenters. The van der Waals surface area contributed by atoms with Gasteiger partial charge in [-0.2, -0.15) is 0 Å². The number of urea groups is 1. The fourth-order valence-corrected chi connectivity index (χ4v) is 3.43. The molecule has 0 N–H and O–H groups in total. The molecule has 3 atom stereocenters. The second kappa shape index (κ2) is 5.81. The summed E-state index contributed by atoms with van der Waals surface area (Å²) in [6, 6.07) is 0.0544. The smallest absolute Gasteiger partial charge is 0.319 e. The van der Waals surface area contributed by atoms with Crippen molar-refractivity contribution in [3.8, 4) is 0 Å². The predicted octanol–water partition coefficient (Wildman–Crippen LogP) is 0.311. The average Bonchev–Trinajstić information content (AvgIpc) is 3.15. The number of amides is 3. The van der Waals surface area contributed by atoms with Gasteiger partial charge in [-0.15, -0.1) is 0 Å². The van der Waals surface area contributed by atoms with Crippen LogP contribution in [-0.4, -0.2) is 79.3 Å². The maximum atomic E-state index is 12.5. The molecule has 3 rings (SSSR count). The lowest BCUT2D eigenvalue weighted by molar-refractivity contribution is -0.176. The number of piperidine rings is 1. The highest BCUT2D eigenvalue weighted by molar-refractivity contribution is 5.80. The first kappa shape index (κ1) is 14.6. The maximum Gasteiger partial charge on any atom is 0.319 e. The topological polar surface area (TPSA) is 62.3 Å². The Bertz CT molecular complexity index is 422. The third-order valence-corrected chi connectivity index (χ3v) is 4.48. The lowest BCUT2D eigenvalue weighted by Crippen LogP contribution is -2.57. The van der Waals surface area contributed by atoms with E-state index < -0.39 is 0 Å². The second-order valence-corrected chi connectivity index (χ2v) is 6.15. The molecule has 3 amide bonds. The molecule has 3 aliphatic heterocycles. The molecule has 3 heterocycles. The standard InChI is InChI=1S/C14H23N3O4/c1-15(2)14(19)16-9-10(8-12-11(16)4-7-20-12)13(18)17-5-3-6-21-17/h10-12H,3-9H2,1-2H3/t10-,11+,12+/m1/s1. The van der Waals surface area contributed by atoms with Gasteiger partial charge in [0.25, 0.3) is 5.91 Å². The van der Waals surface area contributed by atoms with Gasteiger partial charge in [0.15, 0.2) is 0 Å². The van der Waals surface area contributed by atoms with E-state index in [-0.39, 0.29) is 30.0 Å². The molecule has 0 spiro atoms. The van der Waals surface area contributed by atoms with Crippen LogP contribution in [-0.2, 0) is 14.4 Å². The van der Waals surface area contributed by atoms with Crippen LogP contribution in [0.5, 0.6) is 0 Å². The van der Waals surface area contributed by atoms with Crippen molar-refractivity contribution in [1.82, 2.24) is 14.9 Å². The average molecular weight is 297 g/mol. The monoisotopic (exact) mass is 297 g/mol. The number of carbonyl (C=O) groups is 2. The highest BCUT2D eigenvalue weighted by Gasteiger charge is 2.45. The minimum absolute atomic E-state index is 0.0157. The molecule has 0 aromatic heterocycles. The Balaban J connectivity index is 1.74. The van der Waals surface area contributed by atoms with Crippen LogP contribution in [0.1, 0.15) is 19.3 Å². The van der Waals surface area contributed by atoms with Gasteiger partial charge < -0.3 is 14.5 Å². The minimum atomic E-state index is -0.230. The van der Waals surface area contributed by atoms with Crippen molar-refractivity contribution in [2.75, 3.05) is 40.4 Å². The van der Waals surface area contributed by atoms with Gasteiger partial charge in [0, 0.05) is 27.2 Å². The lowest BCUT2D eigenvalue weighted by atomic mass is 9.89. The first-order valence-corrected chi connectivity index (χ1v) is 7.61. The molecule has 3 fully saturated rings. The molecule has 7 heteroatoms. The van der Waals surface area contributed by atoms with Crippen LogP contribution in [0.2, 0.25) is 0 Å². The zero-order valence-corrected chi connectivity index (χ0v) is 12.7. The Kier molecular flexibility index (Phi) is 4.03. The summed E-state index contributed by atoms with van der Waals surface area (Å²) in [5.41, 5.74) is 0. The number of hydrogen-bond donors (Lipinski definition) is 0. The van der Waals surface area contributed by atoms with E-state index in [2.05, 4.69) is 0 Å². The van der Waals surface area contributed by atoms with Crippen molar-refractivity contribution in [1.29, 1.82) is 0 Å². The Labute approximate surface area is 124 Å². The Morgan fingerprint density at radius 3 is 2.71 bits per heavy atom. The van der Waals surface area contributed by atoms with Crippen molar-refractivity contribution in [3.63, 3.8) is 0 Å². The van der Waals surface area contributed by atoms with Crippen molar-refractivity contribution in [3.05, 3.63) is 0 Å². The zero-order chi connectivity index (χ0) is 15.0. The fourth-order valence-electron chi connectivity index (χ4n) is 3.43. The lowest BCUT2D eigenvalue weighted by Gasteiger charge is -2.41. The molecule has 3 saturated heterocycles. The number of hydroxylamine groups is 2. The summed E-state index contributed by atoms with van der Waals surface area (Å²) in [6.07, 6.45) is 2.38. The number of hydrogen-bond acceptors (Lipinski definition) is 4. The SMILES string of the molecule is CN(C)C(=O)N1C[C@H](C(=O)N2CCCO2)C[C@@H]2OCC[C@@H]21. The number of nitrogens with zero attached hydrogens (tertiary/aromatic N) is 3. The van der Waals surface area contributed by atoms with Gasteiger partial charge in [-0.25, -0.2) is 9.86 Å². The van der Waals surface area contributed by atoms with E-state index >= 15 is 0 Å². The van der Waals surface area contributed by atoms with Gasteiger partial charge in [-0.1, -0.05) is 0 Å². The zero-order valence-electron chi connectivity index (χ0n) is 12.7. The van der Waals surface area contributed by atoms with Crippen LogP contribution in [0.4, 0.5) is 4.79 Å². The molecule has 7 nitrogen and oxygen atoms in total. The molecular weight excluding hydrogens is 274 g/mol. The normalized spacial score (nSPS) is 32.2. The van der Waals surface area contributed by atoms with Crippen LogP contribution in [0.25, 0.3) is 0 Å². The van der Waals surface area contributed by atoms with Gasteiger partial charge in [-0.3, -0.25) is 9.63 Å². The molecule has 0 aromatic rings. The van der Waals surface area contributed by atoms with Gasteiger partial charge in [-0.05, 0) is 19.3 Å². The van der Waals surface area contributed by atoms with E-state index in [1.54, 1.807) is 23.9 Å². The largest absolute Gasteiger partial charge is 0.376 e. The molecule has 0 aliphatic carbocycles. The van der Waals surface area contributed by atoms with Gasteiger partial charge in [0.2, 0.25) is 0 Å². The highest BCUT2D eigenvalue weighted by atomic mass is 16.7. The molecule has 0 radical (unpaired) electrons. The van der Waals surface area contributed by atoms with Crippen molar-refractivity contribution < 1.29 is 19.2 Å². The van der Waals surface area contributed by atoms with E-state index in [0.29, 0.717) is 32.7 Å². The summed E-state index contributed by atoms with van der Waals surface area (Å²) in [7, 11) is 3.48. The summed E-state index contributed by atoms with van der Waals surface area (Å²) in [5.74, 6) is -0.246. The quantitative estimate of drug-likeness (QED) is 0.699. The molecule has 118 valence electrons. The number of ether oxygens (including phenoxy) is 1. The second-order valence-electron chi connectivity index (χ2n) is 6.15. The number of fused-ring (bicyclic) bond motifs is 1. The summed E-state index contributed by atoms with van der Waals surface area (Å²) in [6.45, 7) is 2.36. The van der Waals surface area contributed by atoms with Crippen molar-refractivity contribution >= 4 is 11.9 Å². The van der Waals surface area contributed by atoms with Gasteiger partial charge in [0.1, 0.15) is 0 Å². The summed E-state index contributed by atoms with van der Waals surface area (Å²) in [4.78, 5) is 33.6. The maximum absolute atomic E-state index is 12.5. The first-order chi connectivity index (χ1) is 10.1. The Hall–Kier alpha value is -1.34. The molecule has 0 saturated carbocycles. The van der Waals surface area contributed by atoms with E-state index in [9.17, 15) is 9.59 Å². The minimum Gasteiger partial charge on any atom is -0.376 e. The number of rotatable bonds is 1. The Morgan fingerprint density at radius 2 is 2.05 bits per heavy atom. The van der Waals surface area contributed by atoms with Crippen LogP contribution in [0, 0.1) is 5.92 Å². The van der Waals surface area contributed by atoms with Crippen LogP contribution >= 0.6 is 0 Å². The summed E-state index contributed by atoms with van der Waals surface area (Å²) in [5, 5.41) is 1.46. The van der Waals surface area contributed by atoms with Crippen LogP contribution in [0.3, 0.4) is 0 Å². The van der Waals surface area contributed by atoms with Crippen molar-refractivity contribution in [2.45, 2.75) is 31.4 Å². The number of carbonyl (C=O) groups excluding carboxylic acids is 2. The van der Waals surface area contributed by atoms with Gasteiger partial charge in [0.05, 0.1) is 31.2 Å². The molecular formula is C14H23N3O4. The van der Waals surface area contributed by atoms with E-state index in [0.717, 1.165) is 12.8 Å². The summed E-state index contributed by atoms with van der Waals surface area (Å²) < 4.78 is 5.74. The number of likely N-dealkylation sites (tertiary alicyclic amines) is 1. The third-order valence-electron chi connectivity index (χ3n) is 4.48. The molecule has 0 aromatic carbocycles. The van der Waals surface area contributed by atoms with Gasteiger partial charge >= 0.3 is 6.03 Å². The first-order valence-electron chi connectivity index (χ1n) is 7.61. The summed E-state index contributed by atoms with van der Waals surface area (Å²) >= 11 is 0. The fraction of sp³-hybridized carbons (Fsp3) is 0.857. The predicted molar refractivity (Wildman–Crippen MR) is 74.3 cm³/mol. The van der Waals surface area contributed by atoms with Crippen LogP contribution < -0.4 is 0 Å². The molecule has 21 heavy (non-hydrogen) atoms. The van der Waals surface area contributed by atoms with Crippen LogP contribution in [0.15, 0.2) is 0 Å². The Morgan fingerprint density at radius 1 is 1.24 bits per heavy atom.